The number of rotatable bonds is 4. The minimum absolute atomic E-state index is 0.129. The summed E-state index contributed by atoms with van der Waals surface area (Å²) in [5.41, 5.74) is 6.89. The summed E-state index contributed by atoms with van der Waals surface area (Å²) in [6, 6.07) is 18.1. The molecule has 3 rings (SSSR count). The lowest BCUT2D eigenvalue weighted by Crippen LogP contribution is -2.44. The average molecular weight is 294 g/mol. The zero-order valence-corrected chi connectivity index (χ0v) is 12.4. The maximum Gasteiger partial charge on any atom is 0.250 e. The van der Waals surface area contributed by atoms with E-state index in [9.17, 15) is 9.90 Å². The van der Waals surface area contributed by atoms with E-state index in [1.165, 1.54) is 6.92 Å². The molecular weight excluding hydrogens is 276 g/mol. The zero-order chi connectivity index (χ0) is 15.7. The van der Waals surface area contributed by atoms with Crippen LogP contribution >= 0.6 is 0 Å². The van der Waals surface area contributed by atoms with Crippen molar-refractivity contribution < 1.29 is 9.90 Å². The van der Waals surface area contributed by atoms with E-state index in [1.807, 2.05) is 47.2 Å². The first-order valence-electron chi connectivity index (χ1n) is 7.14. The van der Waals surface area contributed by atoms with Crippen LogP contribution in [-0.4, -0.2) is 21.2 Å². The molecule has 0 radical (unpaired) electrons. The molecule has 1 aromatic heterocycles. The van der Waals surface area contributed by atoms with E-state index in [2.05, 4.69) is 18.2 Å². The van der Waals surface area contributed by atoms with Gasteiger partial charge in [-0.15, -0.1) is 0 Å². The largest absolute Gasteiger partial charge is 0.378 e. The van der Waals surface area contributed by atoms with Crippen LogP contribution in [0.2, 0.25) is 0 Å². The van der Waals surface area contributed by atoms with E-state index in [0.29, 0.717) is 0 Å². The summed E-state index contributed by atoms with van der Waals surface area (Å²) < 4.78 is 1.85. The molecule has 0 aliphatic carbocycles. The summed E-state index contributed by atoms with van der Waals surface area (Å²) in [5, 5.41) is 11.2. The van der Waals surface area contributed by atoms with Crippen molar-refractivity contribution in [3.8, 4) is 11.1 Å². The molecule has 1 amide bonds. The van der Waals surface area contributed by atoms with Crippen LogP contribution in [0.3, 0.4) is 0 Å². The van der Waals surface area contributed by atoms with Crippen LogP contribution < -0.4 is 5.73 Å². The van der Waals surface area contributed by atoms with Gasteiger partial charge in [0.2, 0.25) is 0 Å². The smallest absolute Gasteiger partial charge is 0.250 e. The number of carbonyl (C=O) groups excluding carboxylic acids is 1. The fourth-order valence-corrected chi connectivity index (χ4v) is 2.64. The third-order valence-electron chi connectivity index (χ3n) is 3.91. The number of aliphatic hydroxyl groups is 1. The quantitative estimate of drug-likeness (QED) is 0.776. The minimum Gasteiger partial charge on any atom is -0.378 e. The number of nitrogens with zero attached hydrogens (tertiary/aromatic N) is 1. The highest BCUT2D eigenvalue weighted by Crippen LogP contribution is 2.29. The normalized spacial score (nSPS) is 13.9. The van der Waals surface area contributed by atoms with Gasteiger partial charge in [-0.3, -0.25) is 4.79 Å². The van der Waals surface area contributed by atoms with E-state index in [1.54, 1.807) is 0 Å². The maximum absolute atomic E-state index is 11.3. The van der Waals surface area contributed by atoms with Crippen LogP contribution in [0.15, 0.2) is 60.8 Å². The Hall–Kier alpha value is -2.59. The van der Waals surface area contributed by atoms with Gasteiger partial charge < -0.3 is 15.4 Å². The number of amides is 1. The Morgan fingerprint density at radius 1 is 1.14 bits per heavy atom. The van der Waals surface area contributed by atoms with Crippen molar-refractivity contribution in [2.24, 2.45) is 5.73 Å². The standard InChI is InChI=1S/C18H18N2O2/c1-18(22,17(19)21)12-20-11-10-15-14(8-5-9-16(15)20)13-6-3-2-4-7-13/h2-11,22H,12H2,1H3,(H2,19,21)/t18-/m0/s1. The number of aromatic nitrogens is 1. The lowest BCUT2D eigenvalue weighted by molar-refractivity contribution is -0.135. The van der Waals surface area contributed by atoms with Gasteiger partial charge in [0.15, 0.2) is 5.60 Å². The second kappa shape index (κ2) is 5.31. The van der Waals surface area contributed by atoms with Crippen molar-refractivity contribution in [1.29, 1.82) is 0 Å². The van der Waals surface area contributed by atoms with E-state index in [0.717, 1.165) is 22.0 Å². The van der Waals surface area contributed by atoms with Gasteiger partial charge in [-0.2, -0.15) is 0 Å². The number of benzene rings is 2. The molecule has 4 nitrogen and oxygen atoms in total. The zero-order valence-electron chi connectivity index (χ0n) is 12.4. The second-order valence-electron chi connectivity index (χ2n) is 5.69. The first-order chi connectivity index (χ1) is 10.5. The molecule has 1 heterocycles. The topological polar surface area (TPSA) is 68.2 Å². The molecule has 0 fully saturated rings. The van der Waals surface area contributed by atoms with E-state index in [-0.39, 0.29) is 6.54 Å². The molecule has 22 heavy (non-hydrogen) atoms. The predicted octanol–water partition coefficient (Wildman–Crippen LogP) is 2.54. The highest BCUT2D eigenvalue weighted by Gasteiger charge is 2.28. The van der Waals surface area contributed by atoms with Crippen molar-refractivity contribution in [3.63, 3.8) is 0 Å². The first-order valence-corrected chi connectivity index (χ1v) is 7.14. The van der Waals surface area contributed by atoms with Crippen LogP contribution in [0.5, 0.6) is 0 Å². The van der Waals surface area contributed by atoms with Gasteiger partial charge in [-0.05, 0) is 30.2 Å². The first kappa shape index (κ1) is 14.4. The third-order valence-corrected chi connectivity index (χ3v) is 3.91. The molecule has 0 bridgehead atoms. The third kappa shape index (κ3) is 2.49. The average Bonchev–Trinajstić information content (AvgIpc) is 2.90. The molecule has 0 spiro atoms. The number of hydrogen-bond acceptors (Lipinski definition) is 2. The Kier molecular flexibility index (Phi) is 3.47. The molecule has 112 valence electrons. The van der Waals surface area contributed by atoms with Gasteiger partial charge in [0.25, 0.3) is 5.91 Å². The van der Waals surface area contributed by atoms with Gasteiger partial charge in [0, 0.05) is 17.1 Å². The lowest BCUT2D eigenvalue weighted by atomic mass is 10.0. The van der Waals surface area contributed by atoms with E-state index < -0.39 is 11.5 Å². The maximum atomic E-state index is 11.3. The van der Waals surface area contributed by atoms with Gasteiger partial charge in [0.1, 0.15) is 0 Å². The summed E-state index contributed by atoms with van der Waals surface area (Å²) in [5.74, 6) is -0.728. The fraction of sp³-hybridized carbons (Fsp3) is 0.167. The second-order valence-corrected chi connectivity index (χ2v) is 5.69. The van der Waals surface area contributed by atoms with Crippen LogP contribution in [0.1, 0.15) is 6.92 Å². The number of hydrogen-bond donors (Lipinski definition) is 2. The SMILES string of the molecule is C[C@](O)(Cn1ccc2c(-c3ccccc3)cccc21)C(N)=O. The predicted molar refractivity (Wildman–Crippen MR) is 87.2 cm³/mol. The molecular formula is C18H18N2O2. The monoisotopic (exact) mass is 294 g/mol. The molecule has 0 unspecified atom stereocenters. The molecule has 0 aliphatic rings. The van der Waals surface area contributed by atoms with Crippen molar-refractivity contribution in [2.45, 2.75) is 19.1 Å². The minimum atomic E-state index is -1.57. The number of primary amides is 1. The van der Waals surface area contributed by atoms with Crippen LogP contribution in [-0.2, 0) is 11.3 Å². The summed E-state index contributed by atoms with van der Waals surface area (Å²) in [7, 11) is 0. The van der Waals surface area contributed by atoms with Crippen molar-refractivity contribution in [3.05, 3.63) is 60.8 Å². The van der Waals surface area contributed by atoms with Gasteiger partial charge in [0.05, 0.1) is 6.54 Å². The van der Waals surface area contributed by atoms with Crippen molar-refractivity contribution in [1.82, 2.24) is 4.57 Å². The molecule has 3 aromatic rings. The van der Waals surface area contributed by atoms with Crippen molar-refractivity contribution in [2.75, 3.05) is 0 Å². The van der Waals surface area contributed by atoms with Gasteiger partial charge in [-0.25, -0.2) is 0 Å². The molecule has 4 heteroatoms. The highest BCUT2D eigenvalue weighted by atomic mass is 16.3. The van der Waals surface area contributed by atoms with Crippen molar-refractivity contribution >= 4 is 16.8 Å². The fourth-order valence-electron chi connectivity index (χ4n) is 2.64. The number of fused-ring (bicyclic) bond motifs is 1. The van der Waals surface area contributed by atoms with Crippen LogP contribution in [0, 0.1) is 0 Å². The molecule has 2 aromatic carbocycles. The van der Waals surface area contributed by atoms with Gasteiger partial charge in [-0.1, -0.05) is 42.5 Å². The molecule has 0 saturated carbocycles. The Morgan fingerprint density at radius 2 is 1.86 bits per heavy atom. The summed E-state index contributed by atoms with van der Waals surface area (Å²) in [6.45, 7) is 1.56. The highest BCUT2D eigenvalue weighted by molar-refractivity contribution is 5.95. The van der Waals surface area contributed by atoms with Crippen LogP contribution in [0.25, 0.3) is 22.0 Å². The molecule has 3 N–H and O–H groups in total. The molecule has 0 aliphatic heterocycles. The Labute approximate surface area is 128 Å². The lowest BCUT2D eigenvalue weighted by Gasteiger charge is -2.20. The van der Waals surface area contributed by atoms with E-state index >= 15 is 0 Å². The molecule has 1 atom stereocenters. The Morgan fingerprint density at radius 3 is 2.55 bits per heavy atom. The summed E-state index contributed by atoms with van der Waals surface area (Å²) >= 11 is 0. The Bertz CT molecular complexity index is 819. The van der Waals surface area contributed by atoms with E-state index in [4.69, 9.17) is 5.73 Å². The van der Waals surface area contributed by atoms with Gasteiger partial charge >= 0.3 is 0 Å². The molecule has 0 saturated heterocycles. The Balaban J connectivity index is 2.08. The van der Waals surface area contributed by atoms with Crippen LogP contribution in [0.4, 0.5) is 0 Å². The number of nitrogens with two attached hydrogens (primary N) is 1. The summed E-state index contributed by atoms with van der Waals surface area (Å²) in [4.78, 5) is 11.3. The number of carbonyl (C=O) groups is 1. The summed E-state index contributed by atoms with van der Waals surface area (Å²) in [6.07, 6.45) is 1.87.